The minimum absolute atomic E-state index is 0.189. The molecule has 10 heteroatoms. The Kier molecular flexibility index (Phi) is 7.01. The monoisotopic (exact) mass is 472 g/mol. The summed E-state index contributed by atoms with van der Waals surface area (Å²) < 4.78 is 17.8. The van der Waals surface area contributed by atoms with Crippen LogP contribution in [0.15, 0.2) is 54.0 Å². The zero-order chi connectivity index (χ0) is 22.5. The molecule has 1 aromatic carbocycles. The number of hydrogen-bond donors (Lipinski definition) is 1. The van der Waals surface area contributed by atoms with Crippen molar-refractivity contribution < 1.29 is 19.0 Å². The van der Waals surface area contributed by atoms with E-state index in [1.165, 1.54) is 11.3 Å². The van der Waals surface area contributed by atoms with Gasteiger partial charge in [0, 0.05) is 25.7 Å². The van der Waals surface area contributed by atoms with E-state index in [0.29, 0.717) is 40.3 Å². The standard InChI is InChI=1S/C22H21ClN4O4S/c1-29-11-14(12-30-2)25-22(28)20-9-15(13-32-20)27-18-7-8-21(26-17(18)10-24-27)31-19-6-4-3-5-16(19)23/h3-10,13-14H,11-12H2,1-2H3,(H,25,28). The molecule has 4 rings (SSSR count). The van der Waals surface area contributed by atoms with Crippen molar-refractivity contribution in [2.24, 2.45) is 0 Å². The number of carbonyl (C=O) groups excluding carboxylic acids is 1. The Morgan fingerprint density at radius 1 is 1.19 bits per heavy atom. The predicted octanol–water partition coefficient (Wildman–Crippen LogP) is 4.32. The Bertz CT molecular complexity index is 1220. The number of benzene rings is 1. The van der Waals surface area contributed by atoms with E-state index in [0.717, 1.165) is 11.2 Å². The predicted molar refractivity (Wildman–Crippen MR) is 123 cm³/mol. The molecule has 1 amide bonds. The molecule has 0 aliphatic heterocycles. The number of aromatic nitrogens is 3. The summed E-state index contributed by atoms with van der Waals surface area (Å²) in [7, 11) is 3.17. The molecule has 3 heterocycles. The number of methoxy groups -OCH3 is 2. The van der Waals surface area contributed by atoms with E-state index in [2.05, 4.69) is 15.4 Å². The van der Waals surface area contributed by atoms with Gasteiger partial charge >= 0.3 is 0 Å². The van der Waals surface area contributed by atoms with Gasteiger partial charge in [-0.3, -0.25) is 4.79 Å². The largest absolute Gasteiger partial charge is 0.437 e. The molecule has 0 atom stereocenters. The second-order valence-corrected chi connectivity index (χ2v) is 8.21. The average molecular weight is 473 g/mol. The molecule has 1 N–H and O–H groups in total. The molecule has 32 heavy (non-hydrogen) atoms. The highest BCUT2D eigenvalue weighted by Gasteiger charge is 2.17. The molecule has 0 radical (unpaired) electrons. The first-order valence-electron chi connectivity index (χ1n) is 9.74. The lowest BCUT2D eigenvalue weighted by Gasteiger charge is -2.16. The first-order valence-corrected chi connectivity index (χ1v) is 11.0. The van der Waals surface area contributed by atoms with Crippen molar-refractivity contribution in [2.75, 3.05) is 27.4 Å². The van der Waals surface area contributed by atoms with Crippen LogP contribution in [-0.2, 0) is 9.47 Å². The molecule has 0 aliphatic rings. The van der Waals surface area contributed by atoms with Crippen LogP contribution >= 0.6 is 22.9 Å². The van der Waals surface area contributed by atoms with E-state index >= 15 is 0 Å². The molecular formula is C22H21ClN4O4S. The van der Waals surface area contributed by atoms with Crippen LogP contribution in [0.2, 0.25) is 5.02 Å². The lowest BCUT2D eigenvalue weighted by atomic mass is 10.3. The summed E-state index contributed by atoms with van der Waals surface area (Å²) in [6, 6.07) is 12.4. The molecule has 3 aromatic heterocycles. The van der Waals surface area contributed by atoms with Crippen molar-refractivity contribution in [2.45, 2.75) is 6.04 Å². The Hall–Kier alpha value is -2.98. The summed E-state index contributed by atoms with van der Waals surface area (Å²) in [4.78, 5) is 17.7. The Morgan fingerprint density at radius 3 is 2.72 bits per heavy atom. The number of ether oxygens (including phenoxy) is 3. The minimum Gasteiger partial charge on any atom is -0.437 e. The summed E-state index contributed by atoms with van der Waals surface area (Å²) >= 11 is 7.49. The third-order valence-corrected chi connectivity index (χ3v) is 5.81. The summed E-state index contributed by atoms with van der Waals surface area (Å²) in [6.07, 6.45) is 1.65. The second-order valence-electron chi connectivity index (χ2n) is 6.89. The van der Waals surface area contributed by atoms with Crippen LogP contribution in [0, 0.1) is 0 Å². The van der Waals surface area contributed by atoms with Crippen molar-refractivity contribution >= 4 is 39.9 Å². The van der Waals surface area contributed by atoms with Gasteiger partial charge in [-0.1, -0.05) is 23.7 Å². The van der Waals surface area contributed by atoms with Gasteiger partial charge in [0.1, 0.15) is 11.3 Å². The highest BCUT2D eigenvalue weighted by molar-refractivity contribution is 7.12. The van der Waals surface area contributed by atoms with Crippen LogP contribution in [0.5, 0.6) is 11.6 Å². The first kappa shape index (κ1) is 22.2. The van der Waals surface area contributed by atoms with Gasteiger partial charge in [-0.2, -0.15) is 5.10 Å². The topological polar surface area (TPSA) is 87.5 Å². The fourth-order valence-electron chi connectivity index (χ4n) is 3.15. The number of fused-ring (bicyclic) bond motifs is 1. The van der Waals surface area contributed by atoms with Gasteiger partial charge in [-0.25, -0.2) is 9.67 Å². The highest BCUT2D eigenvalue weighted by Crippen LogP contribution is 2.29. The summed E-state index contributed by atoms with van der Waals surface area (Å²) in [5.74, 6) is 0.755. The molecule has 0 saturated carbocycles. The third kappa shape index (κ3) is 4.91. The van der Waals surface area contributed by atoms with Gasteiger partial charge in [-0.15, -0.1) is 11.3 Å². The smallest absolute Gasteiger partial charge is 0.261 e. The quantitative estimate of drug-likeness (QED) is 0.390. The third-order valence-electron chi connectivity index (χ3n) is 4.58. The molecule has 0 unspecified atom stereocenters. The molecule has 166 valence electrons. The van der Waals surface area contributed by atoms with E-state index in [4.69, 9.17) is 25.8 Å². The van der Waals surface area contributed by atoms with E-state index in [9.17, 15) is 4.79 Å². The molecular weight excluding hydrogens is 452 g/mol. The Balaban J connectivity index is 1.52. The fourth-order valence-corrected chi connectivity index (χ4v) is 4.09. The maximum atomic E-state index is 12.6. The van der Waals surface area contributed by atoms with Crippen LogP contribution in [-0.4, -0.2) is 54.1 Å². The van der Waals surface area contributed by atoms with Crippen molar-refractivity contribution in [1.82, 2.24) is 20.1 Å². The SMILES string of the molecule is COCC(COC)NC(=O)c1cc(-n2ncc3nc(Oc4ccccc4Cl)ccc32)cs1. The number of thiophene rings is 1. The van der Waals surface area contributed by atoms with Gasteiger partial charge < -0.3 is 19.5 Å². The number of halogens is 1. The minimum atomic E-state index is -0.227. The Labute approximate surface area is 193 Å². The van der Waals surface area contributed by atoms with Gasteiger partial charge in [0.25, 0.3) is 5.91 Å². The van der Waals surface area contributed by atoms with Crippen molar-refractivity contribution in [3.8, 4) is 17.3 Å². The van der Waals surface area contributed by atoms with Crippen molar-refractivity contribution in [3.63, 3.8) is 0 Å². The molecule has 0 bridgehead atoms. The zero-order valence-corrected chi connectivity index (χ0v) is 19.0. The van der Waals surface area contributed by atoms with Gasteiger partial charge in [0.05, 0.1) is 46.6 Å². The van der Waals surface area contributed by atoms with Crippen LogP contribution in [0.1, 0.15) is 9.67 Å². The van der Waals surface area contributed by atoms with Crippen LogP contribution in [0.25, 0.3) is 16.7 Å². The number of nitrogens with one attached hydrogen (secondary N) is 1. The number of carbonyl (C=O) groups is 1. The van der Waals surface area contributed by atoms with E-state index in [-0.39, 0.29) is 11.9 Å². The number of amides is 1. The van der Waals surface area contributed by atoms with Gasteiger partial charge in [0.2, 0.25) is 5.88 Å². The number of para-hydroxylation sites is 1. The molecule has 4 aromatic rings. The maximum absolute atomic E-state index is 12.6. The van der Waals surface area contributed by atoms with Crippen LogP contribution < -0.4 is 10.1 Å². The lowest BCUT2D eigenvalue weighted by molar-refractivity contribution is 0.0782. The summed E-state index contributed by atoms with van der Waals surface area (Å²) in [5, 5.41) is 9.73. The van der Waals surface area contributed by atoms with Crippen LogP contribution in [0.3, 0.4) is 0 Å². The van der Waals surface area contributed by atoms with Gasteiger partial charge in [-0.05, 0) is 24.3 Å². The van der Waals surface area contributed by atoms with E-state index in [1.54, 1.807) is 49.4 Å². The zero-order valence-electron chi connectivity index (χ0n) is 17.4. The summed E-state index contributed by atoms with van der Waals surface area (Å²) in [6.45, 7) is 0.734. The molecule has 8 nitrogen and oxygen atoms in total. The normalized spacial score (nSPS) is 11.2. The number of rotatable bonds is 9. The number of pyridine rings is 1. The van der Waals surface area contributed by atoms with Crippen molar-refractivity contribution in [3.05, 3.63) is 63.9 Å². The molecule has 0 spiro atoms. The Morgan fingerprint density at radius 2 is 1.97 bits per heavy atom. The molecule has 0 saturated heterocycles. The number of nitrogens with zero attached hydrogens (tertiary/aromatic N) is 3. The maximum Gasteiger partial charge on any atom is 0.261 e. The summed E-state index contributed by atoms with van der Waals surface area (Å²) in [5.41, 5.74) is 2.22. The molecule has 0 fully saturated rings. The number of hydrogen-bond acceptors (Lipinski definition) is 7. The van der Waals surface area contributed by atoms with E-state index < -0.39 is 0 Å². The molecule has 0 aliphatic carbocycles. The van der Waals surface area contributed by atoms with Gasteiger partial charge in [0.15, 0.2) is 0 Å². The van der Waals surface area contributed by atoms with Crippen molar-refractivity contribution in [1.29, 1.82) is 0 Å². The average Bonchev–Trinajstić information content (AvgIpc) is 3.42. The van der Waals surface area contributed by atoms with Crippen LogP contribution in [0.4, 0.5) is 0 Å². The van der Waals surface area contributed by atoms with E-state index in [1.807, 2.05) is 23.6 Å². The first-order chi connectivity index (χ1) is 15.6. The highest BCUT2D eigenvalue weighted by atomic mass is 35.5. The second kappa shape index (κ2) is 10.1. The fraction of sp³-hybridized carbons (Fsp3) is 0.227. The lowest BCUT2D eigenvalue weighted by Crippen LogP contribution is -2.40.